The van der Waals surface area contributed by atoms with E-state index in [0.717, 1.165) is 12.8 Å². The summed E-state index contributed by atoms with van der Waals surface area (Å²) >= 11 is 0. The maximum Gasteiger partial charge on any atom is 0.0883 e. The Morgan fingerprint density at radius 3 is 2.23 bits per heavy atom. The molecule has 1 fully saturated rings. The summed E-state index contributed by atoms with van der Waals surface area (Å²) in [5.41, 5.74) is -0.387. The number of methoxy groups -OCH3 is 1. The Morgan fingerprint density at radius 1 is 1.23 bits per heavy atom. The van der Waals surface area contributed by atoms with E-state index in [0.29, 0.717) is 5.92 Å². The van der Waals surface area contributed by atoms with Crippen molar-refractivity contribution in [2.75, 3.05) is 7.11 Å². The Bertz CT molecular complexity index is 148. The van der Waals surface area contributed by atoms with E-state index in [1.807, 2.05) is 13.8 Å². The number of aliphatic hydroxyl groups is 1. The van der Waals surface area contributed by atoms with Gasteiger partial charge in [-0.15, -0.1) is 0 Å². The Labute approximate surface area is 81.3 Å². The van der Waals surface area contributed by atoms with Crippen LogP contribution in [0.3, 0.4) is 0 Å². The highest BCUT2D eigenvalue weighted by atomic mass is 16.5. The molecule has 1 atom stereocenters. The van der Waals surface area contributed by atoms with Gasteiger partial charge in [0.25, 0.3) is 0 Å². The van der Waals surface area contributed by atoms with E-state index in [4.69, 9.17) is 4.74 Å². The van der Waals surface area contributed by atoms with Crippen molar-refractivity contribution in [2.45, 2.75) is 57.7 Å². The monoisotopic (exact) mass is 186 g/mol. The van der Waals surface area contributed by atoms with E-state index in [2.05, 4.69) is 0 Å². The molecule has 1 aliphatic rings. The van der Waals surface area contributed by atoms with Crippen LogP contribution in [-0.2, 0) is 4.74 Å². The predicted octanol–water partition coefficient (Wildman–Crippen LogP) is 2.35. The van der Waals surface area contributed by atoms with E-state index in [9.17, 15) is 5.11 Å². The molecular formula is C11H22O2. The standard InChI is InChI=1S/C11H22O2/c1-11(2,13-3)10(12)9-7-5-4-6-8-9/h9-10,12H,4-8H2,1-3H3. The summed E-state index contributed by atoms with van der Waals surface area (Å²) in [7, 11) is 1.67. The van der Waals surface area contributed by atoms with Crippen LogP contribution in [-0.4, -0.2) is 23.9 Å². The maximum atomic E-state index is 10.1. The van der Waals surface area contributed by atoms with Gasteiger partial charge in [-0.05, 0) is 32.6 Å². The first-order chi connectivity index (χ1) is 6.08. The molecule has 1 N–H and O–H groups in total. The fourth-order valence-electron chi connectivity index (χ4n) is 2.14. The molecule has 0 aromatic rings. The van der Waals surface area contributed by atoms with E-state index in [1.54, 1.807) is 7.11 Å². The number of aliphatic hydroxyl groups excluding tert-OH is 1. The van der Waals surface area contributed by atoms with Crippen LogP contribution >= 0.6 is 0 Å². The summed E-state index contributed by atoms with van der Waals surface area (Å²) in [6.45, 7) is 3.93. The van der Waals surface area contributed by atoms with Gasteiger partial charge in [0, 0.05) is 7.11 Å². The van der Waals surface area contributed by atoms with E-state index in [1.165, 1.54) is 19.3 Å². The van der Waals surface area contributed by atoms with Gasteiger partial charge in [-0.2, -0.15) is 0 Å². The second-order valence-electron chi connectivity index (χ2n) is 4.65. The molecule has 0 saturated heterocycles. The molecule has 0 heterocycles. The molecule has 13 heavy (non-hydrogen) atoms. The highest BCUT2D eigenvalue weighted by molar-refractivity contribution is 4.85. The minimum Gasteiger partial charge on any atom is -0.390 e. The van der Waals surface area contributed by atoms with Crippen molar-refractivity contribution in [2.24, 2.45) is 5.92 Å². The largest absolute Gasteiger partial charge is 0.390 e. The lowest BCUT2D eigenvalue weighted by atomic mass is 9.79. The summed E-state index contributed by atoms with van der Waals surface area (Å²) in [6.07, 6.45) is 5.87. The Kier molecular flexibility index (Phi) is 3.74. The first-order valence-electron chi connectivity index (χ1n) is 5.31. The molecule has 1 rings (SSSR count). The van der Waals surface area contributed by atoms with Crippen molar-refractivity contribution in [3.63, 3.8) is 0 Å². The molecule has 2 heteroatoms. The zero-order valence-corrected chi connectivity index (χ0v) is 9.05. The van der Waals surface area contributed by atoms with Crippen molar-refractivity contribution in [1.82, 2.24) is 0 Å². The first kappa shape index (κ1) is 11.0. The molecule has 1 unspecified atom stereocenters. The van der Waals surface area contributed by atoms with Crippen molar-refractivity contribution >= 4 is 0 Å². The van der Waals surface area contributed by atoms with Gasteiger partial charge < -0.3 is 9.84 Å². The number of hydrogen-bond donors (Lipinski definition) is 1. The van der Waals surface area contributed by atoms with Crippen molar-refractivity contribution in [3.05, 3.63) is 0 Å². The van der Waals surface area contributed by atoms with Gasteiger partial charge >= 0.3 is 0 Å². The molecule has 1 aliphatic carbocycles. The molecule has 0 amide bonds. The number of rotatable bonds is 3. The summed E-state index contributed by atoms with van der Waals surface area (Å²) < 4.78 is 5.30. The zero-order valence-electron chi connectivity index (χ0n) is 9.05. The third-order valence-corrected chi connectivity index (χ3v) is 3.33. The average molecular weight is 186 g/mol. The van der Waals surface area contributed by atoms with Crippen molar-refractivity contribution in [1.29, 1.82) is 0 Å². The summed E-state index contributed by atoms with van der Waals surface area (Å²) in [4.78, 5) is 0. The zero-order chi connectivity index (χ0) is 9.90. The number of hydrogen-bond acceptors (Lipinski definition) is 2. The number of ether oxygens (including phenoxy) is 1. The van der Waals surface area contributed by atoms with Crippen LogP contribution in [0.15, 0.2) is 0 Å². The smallest absolute Gasteiger partial charge is 0.0883 e. The normalized spacial score (nSPS) is 23.1. The van der Waals surface area contributed by atoms with Crippen LogP contribution in [0.25, 0.3) is 0 Å². The molecule has 78 valence electrons. The predicted molar refractivity (Wildman–Crippen MR) is 53.7 cm³/mol. The van der Waals surface area contributed by atoms with Gasteiger partial charge in [-0.25, -0.2) is 0 Å². The van der Waals surface area contributed by atoms with Crippen LogP contribution in [0.5, 0.6) is 0 Å². The van der Waals surface area contributed by atoms with Crippen LogP contribution in [0.2, 0.25) is 0 Å². The molecule has 2 nitrogen and oxygen atoms in total. The van der Waals surface area contributed by atoms with Crippen LogP contribution in [0, 0.1) is 5.92 Å². The van der Waals surface area contributed by atoms with Gasteiger partial charge in [0.15, 0.2) is 0 Å². The second kappa shape index (κ2) is 4.43. The molecule has 0 radical (unpaired) electrons. The quantitative estimate of drug-likeness (QED) is 0.733. The highest BCUT2D eigenvalue weighted by Crippen LogP contribution is 2.31. The average Bonchev–Trinajstić information content (AvgIpc) is 2.18. The highest BCUT2D eigenvalue weighted by Gasteiger charge is 2.34. The fraction of sp³-hybridized carbons (Fsp3) is 1.00. The molecule has 0 spiro atoms. The lowest BCUT2D eigenvalue weighted by molar-refractivity contribution is -0.106. The molecule has 0 aromatic heterocycles. The van der Waals surface area contributed by atoms with Crippen LogP contribution in [0.4, 0.5) is 0 Å². The minimum absolute atomic E-state index is 0.308. The van der Waals surface area contributed by atoms with Gasteiger partial charge in [-0.1, -0.05) is 19.3 Å². The van der Waals surface area contributed by atoms with E-state index >= 15 is 0 Å². The molecule has 1 saturated carbocycles. The Balaban J connectivity index is 2.49. The van der Waals surface area contributed by atoms with Gasteiger partial charge in [0.1, 0.15) is 0 Å². The lowest BCUT2D eigenvalue weighted by Crippen LogP contribution is -2.43. The summed E-state index contributed by atoms with van der Waals surface area (Å²) in [5.74, 6) is 0.448. The van der Waals surface area contributed by atoms with Crippen molar-refractivity contribution < 1.29 is 9.84 Å². The van der Waals surface area contributed by atoms with E-state index in [-0.39, 0.29) is 11.7 Å². The van der Waals surface area contributed by atoms with E-state index < -0.39 is 0 Å². The Hall–Kier alpha value is -0.0800. The Morgan fingerprint density at radius 2 is 1.77 bits per heavy atom. The third-order valence-electron chi connectivity index (χ3n) is 3.33. The summed E-state index contributed by atoms with van der Waals surface area (Å²) in [6, 6.07) is 0. The first-order valence-corrected chi connectivity index (χ1v) is 5.31. The van der Waals surface area contributed by atoms with Gasteiger partial charge in [0.05, 0.1) is 11.7 Å². The van der Waals surface area contributed by atoms with Gasteiger partial charge in [-0.3, -0.25) is 0 Å². The molecular weight excluding hydrogens is 164 g/mol. The SMILES string of the molecule is COC(C)(C)C(O)C1CCCCC1. The second-order valence-corrected chi connectivity index (χ2v) is 4.65. The van der Waals surface area contributed by atoms with Gasteiger partial charge in [0.2, 0.25) is 0 Å². The van der Waals surface area contributed by atoms with Crippen molar-refractivity contribution in [3.8, 4) is 0 Å². The van der Waals surface area contributed by atoms with Crippen LogP contribution in [0.1, 0.15) is 46.0 Å². The topological polar surface area (TPSA) is 29.5 Å². The molecule has 0 aliphatic heterocycles. The maximum absolute atomic E-state index is 10.1. The molecule has 0 aromatic carbocycles. The lowest BCUT2D eigenvalue weighted by Gasteiger charge is -2.36. The third kappa shape index (κ3) is 2.68. The fourth-order valence-corrected chi connectivity index (χ4v) is 2.14. The van der Waals surface area contributed by atoms with Crippen LogP contribution < -0.4 is 0 Å². The molecule has 0 bridgehead atoms. The minimum atomic E-state index is -0.387. The summed E-state index contributed by atoms with van der Waals surface area (Å²) in [5, 5.41) is 10.1.